The van der Waals surface area contributed by atoms with Crippen molar-refractivity contribution in [1.82, 2.24) is 5.32 Å². The Kier molecular flexibility index (Phi) is 8.83. The molecule has 1 amide bonds. The maximum atomic E-state index is 10.7. The molecule has 4 nitrogen and oxygen atoms in total. The molecular formula is C8H14N2O2S. The van der Waals surface area contributed by atoms with Gasteiger partial charge in [-0.15, -0.1) is 0 Å². The molecule has 0 aliphatic rings. The fourth-order valence-electron chi connectivity index (χ4n) is 0.666. The van der Waals surface area contributed by atoms with E-state index in [0.717, 1.165) is 17.9 Å². The van der Waals surface area contributed by atoms with E-state index in [1.54, 1.807) is 17.8 Å². The Hall–Kier alpha value is -0.730. The van der Waals surface area contributed by atoms with Crippen molar-refractivity contribution in [2.24, 2.45) is 0 Å². The van der Waals surface area contributed by atoms with Crippen LogP contribution in [0.15, 0.2) is 0 Å². The molecule has 0 radical (unpaired) electrons. The second-order valence-corrected chi connectivity index (χ2v) is 3.60. The second-order valence-electron chi connectivity index (χ2n) is 2.37. The molecule has 0 unspecified atom stereocenters. The van der Waals surface area contributed by atoms with Gasteiger partial charge in [0.1, 0.15) is 6.42 Å². The van der Waals surface area contributed by atoms with Crippen LogP contribution in [0.3, 0.4) is 0 Å². The molecule has 0 aliphatic heterocycles. The predicted molar refractivity (Wildman–Crippen MR) is 52.3 cm³/mol. The van der Waals surface area contributed by atoms with Crippen molar-refractivity contribution in [3.63, 3.8) is 0 Å². The molecule has 0 fully saturated rings. The van der Waals surface area contributed by atoms with E-state index in [2.05, 4.69) is 5.32 Å². The fraction of sp³-hybridized carbons (Fsp3) is 0.750. The average molecular weight is 202 g/mol. The molecule has 0 bridgehead atoms. The maximum Gasteiger partial charge on any atom is 0.234 e. The van der Waals surface area contributed by atoms with Crippen molar-refractivity contribution >= 4 is 17.7 Å². The number of hydrogen-bond donors (Lipinski definition) is 2. The SMILES string of the molecule is N#CCC(=O)NCCSCCCO. The molecule has 0 aromatic heterocycles. The van der Waals surface area contributed by atoms with Crippen LogP contribution in [0.1, 0.15) is 12.8 Å². The summed E-state index contributed by atoms with van der Waals surface area (Å²) in [5, 5.41) is 19.2. The van der Waals surface area contributed by atoms with Gasteiger partial charge in [-0.05, 0) is 12.2 Å². The van der Waals surface area contributed by atoms with Gasteiger partial charge in [0.2, 0.25) is 5.91 Å². The third-order valence-electron chi connectivity index (χ3n) is 1.25. The minimum atomic E-state index is -0.217. The molecule has 2 N–H and O–H groups in total. The molecule has 0 atom stereocenters. The number of nitriles is 1. The van der Waals surface area contributed by atoms with Gasteiger partial charge in [0.25, 0.3) is 0 Å². The first kappa shape index (κ1) is 12.3. The number of aliphatic hydroxyl groups is 1. The number of thioether (sulfide) groups is 1. The number of aliphatic hydroxyl groups excluding tert-OH is 1. The van der Waals surface area contributed by atoms with E-state index in [0.29, 0.717) is 6.54 Å². The molecule has 0 saturated carbocycles. The first-order chi connectivity index (χ1) is 6.31. The molecule has 0 rings (SSSR count). The van der Waals surface area contributed by atoms with Crippen LogP contribution in [0.5, 0.6) is 0 Å². The van der Waals surface area contributed by atoms with Gasteiger partial charge in [-0.1, -0.05) is 0 Å². The maximum absolute atomic E-state index is 10.7. The number of nitrogens with zero attached hydrogens (tertiary/aromatic N) is 1. The number of hydrogen-bond acceptors (Lipinski definition) is 4. The van der Waals surface area contributed by atoms with Crippen LogP contribution in [-0.2, 0) is 4.79 Å². The number of carbonyl (C=O) groups is 1. The van der Waals surface area contributed by atoms with Crippen molar-refractivity contribution < 1.29 is 9.90 Å². The zero-order valence-electron chi connectivity index (χ0n) is 7.45. The molecule has 0 saturated heterocycles. The Balaban J connectivity index is 3.08. The molecule has 74 valence electrons. The number of rotatable bonds is 7. The van der Waals surface area contributed by atoms with Gasteiger partial charge in [0.05, 0.1) is 6.07 Å². The highest BCUT2D eigenvalue weighted by molar-refractivity contribution is 7.99. The van der Waals surface area contributed by atoms with E-state index in [9.17, 15) is 4.79 Å². The van der Waals surface area contributed by atoms with E-state index in [1.165, 1.54) is 0 Å². The molecule has 0 spiro atoms. The van der Waals surface area contributed by atoms with Crippen molar-refractivity contribution in [3.8, 4) is 6.07 Å². The molecule has 0 aromatic carbocycles. The number of carbonyl (C=O) groups excluding carboxylic acids is 1. The Labute approximate surface area is 82.3 Å². The molecule has 0 aromatic rings. The van der Waals surface area contributed by atoms with Crippen LogP contribution in [0.25, 0.3) is 0 Å². The summed E-state index contributed by atoms with van der Waals surface area (Å²) < 4.78 is 0. The Morgan fingerprint density at radius 2 is 2.31 bits per heavy atom. The van der Waals surface area contributed by atoms with Gasteiger partial charge in [0, 0.05) is 18.9 Å². The molecule has 13 heavy (non-hydrogen) atoms. The van der Waals surface area contributed by atoms with E-state index in [-0.39, 0.29) is 18.9 Å². The van der Waals surface area contributed by atoms with Crippen molar-refractivity contribution in [1.29, 1.82) is 5.26 Å². The number of nitrogens with one attached hydrogen (secondary N) is 1. The highest BCUT2D eigenvalue weighted by Crippen LogP contribution is 1.99. The van der Waals surface area contributed by atoms with E-state index in [4.69, 9.17) is 10.4 Å². The van der Waals surface area contributed by atoms with E-state index in [1.807, 2.05) is 0 Å². The van der Waals surface area contributed by atoms with Crippen LogP contribution in [0.4, 0.5) is 0 Å². The van der Waals surface area contributed by atoms with E-state index < -0.39 is 0 Å². The highest BCUT2D eigenvalue weighted by Gasteiger charge is 1.97. The lowest BCUT2D eigenvalue weighted by atomic mass is 10.4. The Morgan fingerprint density at radius 3 is 2.92 bits per heavy atom. The smallest absolute Gasteiger partial charge is 0.234 e. The van der Waals surface area contributed by atoms with Crippen molar-refractivity contribution in [2.45, 2.75) is 12.8 Å². The van der Waals surface area contributed by atoms with Crippen molar-refractivity contribution in [3.05, 3.63) is 0 Å². The summed E-state index contributed by atoms with van der Waals surface area (Å²) in [6.45, 7) is 0.810. The number of amides is 1. The van der Waals surface area contributed by atoms with Crippen molar-refractivity contribution in [2.75, 3.05) is 24.7 Å². The fourth-order valence-corrected chi connectivity index (χ4v) is 1.45. The summed E-state index contributed by atoms with van der Waals surface area (Å²) in [7, 11) is 0. The van der Waals surface area contributed by atoms with Crippen LogP contribution in [-0.4, -0.2) is 35.7 Å². The molecule has 0 heterocycles. The average Bonchev–Trinajstić information content (AvgIpc) is 2.11. The quantitative estimate of drug-likeness (QED) is 0.576. The first-order valence-corrected chi connectivity index (χ1v) is 5.29. The zero-order chi connectivity index (χ0) is 9.94. The monoisotopic (exact) mass is 202 g/mol. The summed E-state index contributed by atoms with van der Waals surface area (Å²) in [4.78, 5) is 10.7. The largest absolute Gasteiger partial charge is 0.396 e. The first-order valence-electron chi connectivity index (χ1n) is 4.13. The lowest BCUT2D eigenvalue weighted by Crippen LogP contribution is -2.24. The standard InChI is InChI=1S/C8H14N2O2S/c9-3-2-8(12)10-4-7-13-6-1-5-11/h11H,1-2,4-7H2,(H,10,12). The Morgan fingerprint density at radius 1 is 1.54 bits per heavy atom. The van der Waals surface area contributed by atoms with Crippen LogP contribution < -0.4 is 5.32 Å². The summed E-state index contributed by atoms with van der Waals surface area (Å²) in [5.41, 5.74) is 0. The van der Waals surface area contributed by atoms with Crippen LogP contribution >= 0.6 is 11.8 Å². The molecule has 5 heteroatoms. The summed E-state index contributed by atoms with van der Waals surface area (Å²) in [6.07, 6.45) is 0.720. The van der Waals surface area contributed by atoms with Crippen LogP contribution in [0.2, 0.25) is 0 Å². The van der Waals surface area contributed by atoms with Gasteiger partial charge < -0.3 is 10.4 Å². The predicted octanol–water partition coefficient (Wildman–Crippen LogP) is 0.132. The van der Waals surface area contributed by atoms with E-state index >= 15 is 0 Å². The summed E-state index contributed by atoms with van der Waals surface area (Å²) >= 11 is 1.68. The Bertz CT molecular complexity index is 179. The highest BCUT2D eigenvalue weighted by atomic mass is 32.2. The lowest BCUT2D eigenvalue weighted by molar-refractivity contribution is -0.119. The van der Waals surface area contributed by atoms with Gasteiger partial charge in [-0.25, -0.2) is 0 Å². The minimum absolute atomic E-state index is 0.0681. The lowest BCUT2D eigenvalue weighted by Gasteiger charge is -2.01. The van der Waals surface area contributed by atoms with Gasteiger partial charge >= 0.3 is 0 Å². The summed E-state index contributed by atoms with van der Waals surface area (Å²) in [6, 6.07) is 1.78. The normalized spacial score (nSPS) is 9.23. The molecule has 0 aliphatic carbocycles. The van der Waals surface area contributed by atoms with Gasteiger partial charge in [-0.2, -0.15) is 17.0 Å². The third-order valence-corrected chi connectivity index (χ3v) is 2.33. The summed E-state index contributed by atoms with van der Waals surface area (Å²) in [5.74, 6) is 1.52. The van der Waals surface area contributed by atoms with Crippen LogP contribution in [0, 0.1) is 11.3 Å². The van der Waals surface area contributed by atoms with Gasteiger partial charge in [0.15, 0.2) is 0 Å². The second kappa shape index (κ2) is 9.36. The zero-order valence-corrected chi connectivity index (χ0v) is 8.27. The third kappa shape index (κ3) is 9.18. The van der Waals surface area contributed by atoms with Gasteiger partial charge in [-0.3, -0.25) is 4.79 Å². The molecular weight excluding hydrogens is 188 g/mol. The topological polar surface area (TPSA) is 73.1 Å². The minimum Gasteiger partial charge on any atom is -0.396 e.